The van der Waals surface area contributed by atoms with Gasteiger partial charge in [-0.15, -0.1) is 0 Å². The van der Waals surface area contributed by atoms with Gasteiger partial charge in [0.2, 0.25) is 0 Å². The Morgan fingerprint density at radius 3 is 2.38 bits per heavy atom. The van der Waals surface area contributed by atoms with Crippen molar-refractivity contribution >= 4 is 38.3 Å². The fourth-order valence-electron chi connectivity index (χ4n) is 2.49. The molecule has 0 saturated heterocycles. The molecule has 0 heterocycles. The van der Waals surface area contributed by atoms with Crippen LogP contribution in [0, 0.1) is 5.82 Å². The molecule has 1 atom stereocenters. The molecule has 0 saturated carbocycles. The smallest absolute Gasteiger partial charge is 0.142 e. The molecule has 21 heavy (non-hydrogen) atoms. The SMILES string of the molecule is NC(c1cccc(F)c1Cl)c1ccc(Br)c2ccccc12. The third-order valence-corrected chi connectivity index (χ3v) is 4.65. The highest BCUT2D eigenvalue weighted by molar-refractivity contribution is 9.10. The summed E-state index contributed by atoms with van der Waals surface area (Å²) >= 11 is 9.59. The predicted molar refractivity (Wildman–Crippen MR) is 89.1 cm³/mol. The van der Waals surface area contributed by atoms with E-state index in [9.17, 15) is 4.39 Å². The van der Waals surface area contributed by atoms with Gasteiger partial charge in [0, 0.05) is 4.47 Å². The normalized spacial score (nSPS) is 12.6. The van der Waals surface area contributed by atoms with Crippen molar-refractivity contribution in [2.75, 3.05) is 0 Å². The van der Waals surface area contributed by atoms with Gasteiger partial charge in [0.15, 0.2) is 0 Å². The highest BCUT2D eigenvalue weighted by Gasteiger charge is 2.17. The second kappa shape index (κ2) is 5.76. The number of rotatable bonds is 2. The summed E-state index contributed by atoms with van der Waals surface area (Å²) in [5, 5.41) is 2.18. The van der Waals surface area contributed by atoms with Crippen LogP contribution in [0.15, 0.2) is 59.1 Å². The minimum absolute atomic E-state index is 0.0806. The lowest BCUT2D eigenvalue weighted by Crippen LogP contribution is -2.13. The summed E-state index contributed by atoms with van der Waals surface area (Å²) in [6, 6.07) is 16.1. The van der Waals surface area contributed by atoms with Crippen LogP contribution in [0.25, 0.3) is 10.8 Å². The lowest BCUT2D eigenvalue weighted by molar-refractivity contribution is 0.624. The molecule has 2 N–H and O–H groups in total. The minimum atomic E-state index is -0.480. The van der Waals surface area contributed by atoms with Crippen molar-refractivity contribution < 1.29 is 4.39 Å². The fourth-order valence-corrected chi connectivity index (χ4v) is 3.21. The van der Waals surface area contributed by atoms with E-state index in [1.807, 2.05) is 36.4 Å². The van der Waals surface area contributed by atoms with Crippen molar-refractivity contribution in [3.63, 3.8) is 0 Å². The largest absolute Gasteiger partial charge is 0.320 e. The lowest BCUT2D eigenvalue weighted by Gasteiger charge is -2.17. The number of fused-ring (bicyclic) bond motifs is 1. The van der Waals surface area contributed by atoms with Crippen LogP contribution >= 0.6 is 27.5 Å². The maximum absolute atomic E-state index is 13.6. The van der Waals surface area contributed by atoms with Crippen molar-refractivity contribution in [1.82, 2.24) is 0 Å². The molecule has 4 heteroatoms. The average Bonchev–Trinajstić information content (AvgIpc) is 2.50. The first kappa shape index (κ1) is 14.5. The third-order valence-electron chi connectivity index (χ3n) is 3.56. The Kier molecular flexibility index (Phi) is 3.98. The van der Waals surface area contributed by atoms with Gasteiger partial charge in [-0.05, 0) is 34.0 Å². The summed E-state index contributed by atoms with van der Waals surface area (Å²) < 4.78 is 14.6. The van der Waals surface area contributed by atoms with Crippen LogP contribution in [0.2, 0.25) is 5.02 Å². The summed E-state index contributed by atoms with van der Waals surface area (Å²) in [4.78, 5) is 0. The summed E-state index contributed by atoms with van der Waals surface area (Å²) in [6.45, 7) is 0. The van der Waals surface area contributed by atoms with E-state index in [0.29, 0.717) is 5.56 Å². The van der Waals surface area contributed by atoms with Crippen LogP contribution in [0.5, 0.6) is 0 Å². The quantitative estimate of drug-likeness (QED) is 0.643. The van der Waals surface area contributed by atoms with Crippen molar-refractivity contribution in [2.24, 2.45) is 5.73 Å². The van der Waals surface area contributed by atoms with E-state index < -0.39 is 11.9 Å². The Labute approximate surface area is 135 Å². The predicted octanol–water partition coefficient (Wildman–Crippen LogP) is 5.44. The zero-order valence-corrected chi connectivity index (χ0v) is 13.3. The third kappa shape index (κ3) is 2.57. The Balaban J connectivity index is 2.21. The van der Waals surface area contributed by atoms with Crippen LogP contribution in [-0.2, 0) is 0 Å². The summed E-state index contributed by atoms with van der Waals surface area (Å²) in [6.07, 6.45) is 0. The number of benzene rings is 3. The molecule has 106 valence electrons. The zero-order chi connectivity index (χ0) is 15.0. The number of halogens is 3. The van der Waals surface area contributed by atoms with Crippen LogP contribution in [0.1, 0.15) is 17.2 Å². The molecule has 0 bridgehead atoms. The highest BCUT2D eigenvalue weighted by Crippen LogP contribution is 2.34. The second-order valence-electron chi connectivity index (χ2n) is 4.80. The maximum atomic E-state index is 13.6. The Morgan fingerprint density at radius 1 is 0.905 bits per heavy atom. The van der Waals surface area contributed by atoms with E-state index in [1.165, 1.54) is 6.07 Å². The number of hydrogen-bond acceptors (Lipinski definition) is 1. The summed E-state index contributed by atoms with van der Waals surface area (Å²) in [7, 11) is 0. The molecule has 0 aliphatic carbocycles. The molecule has 1 unspecified atom stereocenters. The minimum Gasteiger partial charge on any atom is -0.320 e. The highest BCUT2D eigenvalue weighted by atomic mass is 79.9. The van der Waals surface area contributed by atoms with E-state index in [4.69, 9.17) is 17.3 Å². The Morgan fingerprint density at radius 2 is 1.62 bits per heavy atom. The van der Waals surface area contributed by atoms with E-state index in [-0.39, 0.29) is 5.02 Å². The summed E-state index contributed by atoms with van der Waals surface area (Å²) in [5.41, 5.74) is 7.84. The van der Waals surface area contributed by atoms with E-state index >= 15 is 0 Å². The van der Waals surface area contributed by atoms with Crippen LogP contribution in [0.3, 0.4) is 0 Å². The number of nitrogens with two attached hydrogens (primary N) is 1. The van der Waals surface area contributed by atoms with Crippen molar-refractivity contribution in [3.8, 4) is 0 Å². The monoisotopic (exact) mass is 363 g/mol. The van der Waals surface area contributed by atoms with Gasteiger partial charge in [-0.1, -0.05) is 70.0 Å². The first-order chi connectivity index (χ1) is 10.1. The van der Waals surface area contributed by atoms with Gasteiger partial charge in [-0.25, -0.2) is 4.39 Å². The maximum Gasteiger partial charge on any atom is 0.142 e. The van der Waals surface area contributed by atoms with Crippen molar-refractivity contribution in [2.45, 2.75) is 6.04 Å². The van der Waals surface area contributed by atoms with Gasteiger partial charge in [0.1, 0.15) is 5.82 Å². The Hall–Kier alpha value is -1.42. The van der Waals surface area contributed by atoms with Crippen LogP contribution in [0.4, 0.5) is 4.39 Å². The molecule has 1 nitrogen and oxygen atoms in total. The molecule has 0 amide bonds. The van der Waals surface area contributed by atoms with Crippen LogP contribution in [-0.4, -0.2) is 0 Å². The van der Waals surface area contributed by atoms with E-state index in [0.717, 1.165) is 20.8 Å². The van der Waals surface area contributed by atoms with Gasteiger partial charge >= 0.3 is 0 Å². The average molecular weight is 365 g/mol. The van der Waals surface area contributed by atoms with Gasteiger partial charge in [0.05, 0.1) is 11.1 Å². The van der Waals surface area contributed by atoms with Crippen molar-refractivity contribution in [3.05, 3.63) is 81.0 Å². The fraction of sp³-hybridized carbons (Fsp3) is 0.0588. The molecule has 0 aliphatic heterocycles. The van der Waals surface area contributed by atoms with Gasteiger partial charge < -0.3 is 5.73 Å². The van der Waals surface area contributed by atoms with Gasteiger partial charge in [0.25, 0.3) is 0 Å². The zero-order valence-electron chi connectivity index (χ0n) is 11.0. The molecule has 0 fully saturated rings. The second-order valence-corrected chi connectivity index (χ2v) is 6.04. The molecular formula is C17H12BrClFN. The van der Waals surface area contributed by atoms with E-state index in [2.05, 4.69) is 15.9 Å². The first-order valence-corrected chi connectivity index (χ1v) is 7.63. The van der Waals surface area contributed by atoms with Gasteiger partial charge in [-0.3, -0.25) is 0 Å². The molecule has 3 aromatic carbocycles. The standard InChI is InChI=1S/C17H12BrClFN/c18-14-9-8-12(10-4-1-2-5-11(10)14)17(21)13-6-3-7-15(20)16(13)19/h1-9,17H,21H2. The topological polar surface area (TPSA) is 26.0 Å². The Bertz CT molecular complexity index is 819. The first-order valence-electron chi connectivity index (χ1n) is 6.46. The van der Waals surface area contributed by atoms with Crippen molar-refractivity contribution in [1.29, 1.82) is 0 Å². The summed E-state index contributed by atoms with van der Waals surface area (Å²) in [5.74, 6) is -0.453. The molecule has 0 radical (unpaired) electrons. The molecule has 0 aromatic heterocycles. The van der Waals surface area contributed by atoms with E-state index in [1.54, 1.807) is 12.1 Å². The molecule has 3 rings (SSSR count). The molecular weight excluding hydrogens is 353 g/mol. The lowest BCUT2D eigenvalue weighted by atomic mass is 9.94. The number of hydrogen-bond donors (Lipinski definition) is 1. The molecule has 0 aliphatic rings. The van der Waals surface area contributed by atoms with Crippen LogP contribution < -0.4 is 5.73 Å². The van der Waals surface area contributed by atoms with Gasteiger partial charge in [-0.2, -0.15) is 0 Å². The molecule has 0 spiro atoms. The molecule has 3 aromatic rings.